The standard InChI is InChI=1S/C18H25ClN2O5/c1-17(2,3)26-16(24)18(21,15(22)23)14(20)9-13(10-19)25-11-12-7-5-4-6-8-12/h4-8,13,20H,9-11,21H2,1-3H3,(H,22,23). The number of rotatable bonds is 9. The maximum absolute atomic E-state index is 12.3. The molecule has 1 aromatic carbocycles. The molecule has 0 radical (unpaired) electrons. The summed E-state index contributed by atoms with van der Waals surface area (Å²) >= 11 is 5.87. The molecule has 1 aromatic rings. The van der Waals surface area contributed by atoms with Gasteiger partial charge in [-0.05, 0) is 26.3 Å². The molecular formula is C18H25ClN2O5. The molecule has 2 atom stereocenters. The fourth-order valence-corrected chi connectivity index (χ4v) is 2.23. The van der Waals surface area contributed by atoms with E-state index in [1.807, 2.05) is 30.3 Å². The molecule has 0 aliphatic heterocycles. The van der Waals surface area contributed by atoms with Gasteiger partial charge in [0.05, 0.1) is 18.4 Å². The van der Waals surface area contributed by atoms with Crippen LogP contribution in [0.5, 0.6) is 0 Å². The highest BCUT2D eigenvalue weighted by Gasteiger charge is 2.50. The van der Waals surface area contributed by atoms with Crippen molar-refractivity contribution >= 4 is 29.3 Å². The van der Waals surface area contributed by atoms with Gasteiger partial charge in [0.2, 0.25) is 0 Å². The summed E-state index contributed by atoms with van der Waals surface area (Å²) in [6.07, 6.45) is -0.882. The first-order chi connectivity index (χ1) is 12.0. The van der Waals surface area contributed by atoms with E-state index in [-0.39, 0.29) is 18.9 Å². The Morgan fingerprint density at radius 3 is 2.31 bits per heavy atom. The predicted molar refractivity (Wildman–Crippen MR) is 98.5 cm³/mol. The molecular weight excluding hydrogens is 360 g/mol. The van der Waals surface area contributed by atoms with E-state index in [2.05, 4.69) is 0 Å². The van der Waals surface area contributed by atoms with E-state index in [0.717, 1.165) is 5.56 Å². The van der Waals surface area contributed by atoms with Crippen LogP contribution in [0.4, 0.5) is 0 Å². The number of benzene rings is 1. The molecule has 0 heterocycles. The number of hydrogen-bond acceptors (Lipinski definition) is 6. The van der Waals surface area contributed by atoms with Crippen LogP contribution in [0.15, 0.2) is 30.3 Å². The van der Waals surface area contributed by atoms with Crippen molar-refractivity contribution in [2.75, 3.05) is 5.88 Å². The molecule has 0 aliphatic rings. The number of carboxylic acids is 1. The second kappa shape index (κ2) is 9.12. The summed E-state index contributed by atoms with van der Waals surface area (Å²) in [6.45, 7) is 4.99. The number of aliphatic carboxylic acids is 1. The molecule has 0 spiro atoms. The normalized spacial score (nSPS) is 15.0. The number of carbonyl (C=O) groups excluding carboxylic acids is 1. The average molecular weight is 385 g/mol. The summed E-state index contributed by atoms with van der Waals surface area (Å²) in [6, 6.07) is 9.31. The molecule has 0 amide bonds. The van der Waals surface area contributed by atoms with Crippen LogP contribution in [0.25, 0.3) is 0 Å². The van der Waals surface area contributed by atoms with Gasteiger partial charge >= 0.3 is 11.9 Å². The first kappa shape index (κ1) is 22.1. The molecule has 26 heavy (non-hydrogen) atoms. The minimum absolute atomic E-state index is 0.0131. The first-order valence-corrected chi connectivity index (χ1v) is 8.59. The Balaban J connectivity index is 2.83. The van der Waals surface area contributed by atoms with E-state index in [1.54, 1.807) is 20.8 Å². The molecule has 0 aliphatic carbocycles. The number of nitrogens with two attached hydrogens (primary N) is 1. The number of hydrogen-bond donors (Lipinski definition) is 3. The van der Waals surface area contributed by atoms with Crippen molar-refractivity contribution < 1.29 is 24.2 Å². The SMILES string of the molecule is CC(C)(C)OC(=O)C(N)(C(=N)CC(CCl)OCc1ccccc1)C(=O)O. The lowest BCUT2D eigenvalue weighted by Gasteiger charge is -2.29. The van der Waals surface area contributed by atoms with E-state index in [4.69, 9.17) is 32.2 Å². The van der Waals surface area contributed by atoms with Gasteiger partial charge in [0.25, 0.3) is 5.54 Å². The minimum atomic E-state index is -2.59. The number of ether oxygens (including phenoxy) is 2. The number of nitrogens with one attached hydrogen (secondary N) is 1. The van der Waals surface area contributed by atoms with Gasteiger partial charge in [-0.25, -0.2) is 9.59 Å². The largest absolute Gasteiger partial charge is 0.479 e. The number of alkyl halides is 1. The summed E-state index contributed by atoms with van der Waals surface area (Å²) in [5.41, 5.74) is 2.59. The average Bonchev–Trinajstić information content (AvgIpc) is 2.56. The Morgan fingerprint density at radius 2 is 1.85 bits per heavy atom. The van der Waals surface area contributed by atoms with Gasteiger partial charge in [0.15, 0.2) is 0 Å². The van der Waals surface area contributed by atoms with Crippen LogP contribution in [-0.2, 0) is 25.7 Å². The maximum atomic E-state index is 12.3. The Bertz CT molecular complexity index is 645. The first-order valence-electron chi connectivity index (χ1n) is 8.05. The highest BCUT2D eigenvalue weighted by atomic mass is 35.5. The number of halogens is 1. The van der Waals surface area contributed by atoms with Crippen LogP contribution in [-0.4, -0.2) is 45.9 Å². The zero-order valence-electron chi connectivity index (χ0n) is 15.1. The molecule has 0 bridgehead atoms. The van der Waals surface area contributed by atoms with E-state index in [0.29, 0.717) is 0 Å². The summed E-state index contributed by atoms with van der Waals surface area (Å²) < 4.78 is 10.7. The smallest absolute Gasteiger partial charge is 0.344 e. The fraction of sp³-hybridized carbons (Fsp3) is 0.500. The fourth-order valence-electron chi connectivity index (χ4n) is 2.03. The van der Waals surface area contributed by atoms with Crippen LogP contribution >= 0.6 is 11.6 Å². The topological polar surface area (TPSA) is 123 Å². The number of esters is 1. The van der Waals surface area contributed by atoms with Crippen molar-refractivity contribution in [3.63, 3.8) is 0 Å². The Labute approximate surface area is 157 Å². The van der Waals surface area contributed by atoms with Crippen molar-refractivity contribution in [1.82, 2.24) is 0 Å². The molecule has 0 saturated carbocycles. The van der Waals surface area contributed by atoms with Crippen LogP contribution in [0, 0.1) is 5.41 Å². The number of carbonyl (C=O) groups is 2. The van der Waals surface area contributed by atoms with Crippen LogP contribution in [0.1, 0.15) is 32.8 Å². The zero-order valence-corrected chi connectivity index (χ0v) is 15.9. The Morgan fingerprint density at radius 1 is 1.27 bits per heavy atom. The van der Waals surface area contributed by atoms with Gasteiger partial charge in [0.1, 0.15) is 5.60 Å². The van der Waals surface area contributed by atoms with Crippen molar-refractivity contribution in [2.45, 2.75) is 51.0 Å². The van der Waals surface area contributed by atoms with Gasteiger partial charge in [-0.3, -0.25) is 0 Å². The van der Waals surface area contributed by atoms with Crippen LogP contribution in [0.3, 0.4) is 0 Å². The third-order valence-corrected chi connectivity index (χ3v) is 3.81. The van der Waals surface area contributed by atoms with E-state index >= 15 is 0 Å². The third-order valence-electron chi connectivity index (χ3n) is 3.47. The van der Waals surface area contributed by atoms with Crippen LogP contribution < -0.4 is 5.73 Å². The van der Waals surface area contributed by atoms with Gasteiger partial charge in [0, 0.05) is 12.3 Å². The molecule has 2 unspecified atom stereocenters. The highest BCUT2D eigenvalue weighted by molar-refractivity contribution is 6.26. The monoisotopic (exact) mass is 384 g/mol. The second-order valence-corrected chi connectivity index (χ2v) is 7.18. The Kier molecular flexibility index (Phi) is 7.74. The quantitative estimate of drug-likeness (QED) is 0.260. The lowest BCUT2D eigenvalue weighted by molar-refractivity contribution is -0.165. The molecule has 144 valence electrons. The van der Waals surface area contributed by atoms with Gasteiger partial charge in [-0.15, -0.1) is 11.6 Å². The molecule has 7 nitrogen and oxygen atoms in total. The summed E-state index contributed by atoms with van der Waals surface area (Å²) in [5, 5.41) is 17.5. The third kappa shape index (κ3) is 6.09. The molecule has 8 heteroatoms. The molecule has 0 aromatic heterocycles. The zero-order chi connectivity index (χ0) is 20.0. The van der Waals surface area contributed by atoms with E-state index < -0.39 is 34.9 Å². The second-order valence-electron chi connectivity index (χ2n) is 6.87. The minimum Gasteiger partial charge on any atom is -0.479 e. The molecule has 0 saturated heterocycles. The van der Waals surface area contributed by atoms with Gasteiger partial charge in [-0.2, -0.15) is 0 Å². The lowest BCUT2D eigenvalue weighted by Crippen LogP contribution is -2.63. The van der Waals surface area contributed by atoms with Crippen molar-refractivity contribution in [2.24, 2.45) is 5.73 Å². The molecule has 1 rings (SSSR count). The molecule has 0 fully saturated rings. The maximum Gasteiger partial charge on any atom is 0.344 e. The number of carboxylic acid groups (broad SMARTS) is 1. The van der Waals surface area contributed by atoms with Crippen molar-refractivity contribution in [1.29, 1.82) is 5.41 Å². The lowest BCUT2D eigenvalue weighted by atomic mass is 9.90. The van der Waals surface area contributed by atoms with E-state index in [1.165, 1.54) is 0 Å². The molecule has 4 N–H and O–H groups in total. The highest BCUT2D eigenvalue weighted by Crippen LogP contribution is 2.18. The summed E-state index contributed by atoms with van der Waals surface area (Å²) in [4.78, 5) is 23.9. The van der Waals surface area contributed by atoms with Crippen molar-refractivity contribution in [3.8, 4) is 0 Å². The van der Waals surface area contributed by atoms with Gasteiger partial charge < -0.3 is 25.7 Å². The summed E-state index contributed by atoms with van der Waals surface area (Å²) in [5.74, 6) is -2.84. The van der Waals surface area contributed by atoms with E-state index in [9.17, 15) is 14.7 Å². The van der Waals surface area contributed by atoms with Crippen molar-refractivity contribution in [3.05, 3.63) is 35.9 Å². The Hall–Kier alpha value is -1.96. The van der Waals surface area contributed by atoms with Gasteiger partial charge in [-0.1, -0.05) is 30.3 Å². The predicted octanol–water partition coefficient (Wildman–Crippen LogP) is 2.34. The summed E-state index contributed by atoms with van der Waals surface area (Å²) in [7, 11) is 0. The van der Waals surface area contributed by atoms with Crippen LogP contribution in [0.2, 0.25) is 0 Å².